The van der Waals surface area contributed by atoms with Gasteiger partial charge >= 0.3 is 0 Å². The Morgan fingerprint density at radius 1 is 1.27 bits per heavy atom. The standard InChI is InChI=1S/C11H11BrN2O/c12-9-5-3-4-8-10(9)15-13-11(8)14-6-1-2-7-14/h3-5H,1-2,6-7H2. The number of rotatable bonds is 1. The lowest BCUT2D eigenvalue weighted by Crippen LogP contribution is -2.17. The molecule has 1 aromatic carbocycles. The van der Waals surface area contributed by atoms with Gasteiger partial charge < -0.3 is 9.42 Å². The minimum Gasteiger partial charge on any atom is -0.353 e. The average Bonchev–Trinajstić information content (AvgIpc) is 2.85. The normalized spacial score (nSPS) is 16.5. The first kappa shape index (κ1) is 9.21. The summed E-state index contributed by atoms with van der Waals surface area (Å²) in [6.45, 7) is 2.18. The average molecular weight is 267 g/mol. The number of benzene rings is 1. The van der Waals surface area contributed by atoms with E-state index in [4.69, 9.17) is 4.52 Å². The molecule has 1 aliphatic rings. The molecule has 1 saturated heterocycles. The fourth-order valence-corrected chi connectivity index (χ4v) is 2.51. The lowest BCUT2D eigenvalue weighted by Gasteiger charge is -2.12. The van der Waals surface area contributed by atoms with Gasteiger partial charge in [-0.15, -0.1) is 0 Å². The van der Waals surface area contributed by atoms with Crippen LogP contribution in [-0.2, 0) is 0 Å². The molecule has 0 unspecified atom stereocenters. The van der Waals surface area contributed by atoms with Gasteiger partial charge in [0.05, 0.1) is 9.86 Å². The Balaban J connectivity index is 2.15. The molecule has 0 saturated carbocycles. The van der Waals surface area contributed by atoms with E-state index >= 15 is 0 Å². The minimum atomic E-state index is 0.847. The van der Waals surface area contributed by atoms with E-state index in [0.717, 1.165) is 34.3 Å². The molecule has 1 aliphatic heterocycles. The summed E-state index contributed by atoms with van der Waals surface area (Å²) in [5.74, 6) is 0.990. The van der Waals surface area contributed by atoms with Gasteiger partial charge in [0.2, 0.25) is 0 Å². The summed E-state index contributed by atoms with van der Waals surface area (Å²) < 4.78 is 6.32. The molecule has 78 valence electrons. The molecule has 0 atom stereocenters. The first-order valence-corrected chi connectivity index (χ1v) is 5.94. The van der Waals surface area contributed by atoms with E-state index in [1.54, 1.807) is 0 Å². The number of halogens is 1. The van der Waals surface area contributed by atoms with Crippen LogP contribution in [-0.4, -0.2) is 18.2 Å². The number of fused-ring (bicyclic) bond motifs is 1. The van der Waals surface area contributed by atoms with Crippen LogP contribution >= 0.6 is 15.9 Å². The van der Waals surface area contributed by atoms with E-state index in [2.05, 4.69) is 32.1 Å². The zero-order chi connectivity index (χ0) is 10.3. The van der Waals surface area contributed by atoms with Gasteiger partial charge in [-0.25, -0.2) is 0 Å². The zero-order valence-corrected chi connectivity index (χ0v) is 9.83. The molecule has 3 rings (SSSR count). The van der Waals surface area contributed by atoms with Gasteiger partial charge in [0.1, 0.15) is 0 Å². The Morgan fingerprint density at radius 3 is 2.87 bits per heavy atom. The lowest BCUT2D eigenvalue weighted by molar-refractivity contribution is 0.455. The van der Waals surface area contributed by atoms with Crippen LogP contribution in [0.4, 0.5) is 5.82 Å². The third-order valence-corrected chi connectivity index (χ3v) is 3.46. The smallest absolute Gasteiger partial charge is 0.183 e. The van der Waals surface area contributed by atoms with Crippen LogP contribution in [0.1, 0.15) is 12.8 Å². The second-order valence-electron chi connectivity index (χ2n) is 3.82. The fourth-order valence-electron chi connectivity index (χ4n) is 2.07. The maximum Gasteiger partial charge on any atom is 0.183 e. The van der Waals surface area contributed by atoms with Crippen molar-refractivity contribution in [2.75, 3.05) is 18.0 Å². The van der Waals surface area contributed by atoms with Crippen LogP contribution in [0.3, 0.4) is 0 Å². The van der Waals surface area contributed by atoms with Crippen LogP contribution < -0.4 is 4.90 Å². The first-order chi connectivity index (χ1) is 7.36. The van der Waals surface area contributed by atoms with Crippen molar-refractivity contribution in [1.29, 1.82) is 0 Å². The molecule has 0 spiro atoms. The predicted octanol–water partition coefficient (Wildman–Crippen LogP) is 3.19. The van der Waals surface area contributed by atoms with Gasteiger partial charge in [0.15, 0.2) is 11.4 Å². The summed E-state index contributed by atoms with van der Waals surface area (Å²) in [7, 11) is 0. The highest BCUT2D eigenvalue weighted by Crippen LogP contribution is 2.32. The van der Waals surface area contributed by atoms with E-state index in [-0.39, 0.29) is 0 Å². The Kier molecular flexibility index (Phi) is 2.16. The molecular formula is C11H11BrN2O. The second kappa shape index (κ2) is 3.52. The molecule has 3 nitrogen and oxygen atoms in total. The van der Waals surface area contributed by atoms with Crippen LogP contribution in [0, 0.1) is 0 Å². The van der Waals surface area contributed by atoms with Crippen molar-refractivity contribution in [3.8, 4) is 0 Å². The number of para-hydroxylation sites is 1. The highest BCUT2D eigenvalue weighted by atomic mass is 79.9. The zero-order valence-electron chi connectivity index (χ0n) is 8.24. The van der Waals surface area contributed by atoms with Crippen molar-refractivity contribution in [2.45, 2.75) is 12.8 Å². The van der Waals surface area contributed by atoms with Crippen LogP contribution in [0.5, 0.6) is 0 Å². The van der Waals surface area contributed by atoms with Gasteiger partial charge in [-0.1, -0.05) is 11.2 Å². The fraction of sp³-hybridized carbons (Fsp3) is 0.364. The molecule has 2 heterocycles. The Morgan fingerprint density at radius 2 is 2.07 bits per heavy atom. The number of anilines is 1. The maximum absolute atomic E-state index is 5.35. The summed E-state index contributed by atoms with van der Waals surface area (Å²) in [6.07, 6.45) is 2.50. The molecule has 15 heavy (non-hydrogen) atoms. The van der Waals surface area contributed by atoms with Crippen molar-refractivity contribution in [1.82, 2.24) is 5.16 Å². The van der Waals surface area contributed by atoms with E-state index in [0.29, 0.717) is 0 Å². The molecular weight excluding hydrogens is 256 g/mol. The van der Waals surface area contributed by atoms with Crippen molar-refractivity contribution >= 4 is 32.7 Å². The molecule has 2 aromatic rings. The number of hydrogen-bond acceptors (Lipinski definition) is 3. The number of hydrogen-bond donors (Lipinski definition) is 0. The van der Waals surface area contributed by atoms with E-state index in [9.17, 15) is 0 Å². The van der Waals surface area contributed by atoms with Gasteiger partial charge in [-0.05, 0) is 40.9 Å². The van der Waals surface area contributed by atoms with Crippen LogP contribution in [0.25, 0.3) is 11.0 Å². The quantitative estimate of drug-likeness (QED) is 0.794. The van der Waals surface area contributed by atoms with Crippen molar-refractivity contribution < 1.29 is 4.52 Å². The molecule has 0 aliphatic carbocycles. The lowest BCUT2D eigenvalue weighted by atomic mass is 10.2. The van der Waals surface area contributed by atoms with Gasteiger partial charge in [-0.2, -0.15) is 0 Å². The minimum absolute atomic E-state index is 0.847. The Labute approximate surface area is 96.2 Å². The molecule has 1 aromatic heterocycles. The molecule has 1 fully saturated rings. The second-order valence-corrected chi connectivity index (χ2v) is 4.67. The van der Waals surface area contributed by atoms with Crippen LogP contribution in [0.2, 0.25) is 0 Å². The Bertz CT molecular complexity index is 488. The van der Waals surface area contributed by atoms with Crippen LogP contribution in [0.15, 0.2) is 27.2 Å². The monoisotopic (exact) mass is 266 g/mol. The largest absolute Gasteiger partial charge is 0.353 e. The molecule has 4 heteroatoms. The number of nitrogens with zero attached hydrogens (tertiary/aromatic N) is 2. The van der Waals surface area contributed by atoms with E-state index in [1.807, 2.05) is 12.1 Å². The highest BCUT2D eigenvalue weighted by Gasteiger charge is 2.19. The van der Waals surface area contributed by atoms with Crippen molar-refractivity contribution in [2.24, 2.45) is 0 Å². The molecule has 0 bridgehead atoms. The number of aromatic nitrogens is 1. The third kappa shape index (κ3) is 1.44. The molecule has 0 radical (unpaired) electrons. The predicted molar refractivity (Wildman–Crippen MR) is 63.2 cm³/mol. The summed E-state index contributed by atoms with van der Waals surface area (Å²) in [5, 5.41) is 5.26. The molecule has 0 amide bonds. The van der Waals surface area contributed by atoms with Gasteiger partial charge in [0, 0.05) is 13.1 Å². The topological polar surface area (TPSA) is 29.3 Å². The molecule has 0 N–H and O–H groups in total. The SMILES string of the molecule is Brc1cccc2c(N3CCCC3)noc12. The summed E-state index contributed by atoms with van der Waals surface area (Å²) in [4.78, 5) is 2.29. The van der Waals surface area contributed by atoms with Gasteiger partial charge in [-0.3, -0.25) is 0 Å². The summed E-state index contributed by atoms with van der Waals surface area (Å²) in [5.41, 5.74) is 0.847. The van der Waals surface area contributed by atoms with E-state index in [1.165, 1.54) is 12.8 Å². The first-order valence-electron chi connectivity index (χ1n) is 5.15. The van der Waals surface area contributed by atoms with E-state index < -0.39 is 0 Å². The Hall–Kier alpha value is -1.03. The summed E-state index contributed by atoms with van der Waals surface area (Å²) >= 11 is 3.47. The van der Waals surface area contributed by atoms with Crippen molar-refractivity contribution in [3.05, 3.63) is 22.7 Å². The third-order valence-electron chi connectivity index (χ3n) is 2.84. The maximum atomic E-state index is 5.35. The highest BCUT2D eigenvalue weighted by molar-refractivity contribution is 9.10. The van der Waals surface area contributed by atoms with Crippen molar-refractivity contribution in [3.63, 3.8) is 0 Å². The summed E-state index contributed by atoms with van der Waals surface area (Å²) in [6, 6.07) is 6.05. The van der Waals surface area contributed by atoms with Gasteiger partial charge in [0.25, 0.3) is 0 Å².